The van der Waals surface area contributed by atoms with E-state index in [2.05, 4.69) is 21.2 Å². The summed E-state index contributed by atoms with van der Waals surface area (Å²) in [5, 5.41) is 3.38. The highest BCUT2D eigenvalue weighted by Gasteiger charge is 2.16. The second kappa shape index (κ2) is 11.5. The molecule has 0 aliphatic carbocycles. The number of esters is 1. The highest BCUT2D eigenvalue weighted by atomic mass is 79.9. The number of benzene rings is 3. The van der Waals surface area contributed by atoms with E-state index in [1.807, 2.05) is 60.7 Å². The van der Waals surface area contributed by atoms with Crippen molar-refractivity contribution in [2.75, 3.05) is 5.32 Å². The molecular formula is C25H21BrClNO4. The monoisotopic (exact) mass is 513 g/mol. The van der Waals surface area contributed by atoms with Crippen molar-refractivity contribution < 1.29 is 19.1 Å². The Bertz CT molecular complexity index is 1080. The molecule has 1 unspecified atom stereocenters. The predicted octanol–water partition coefficient (Wildman–Crippen LogP) is 6.27. The summed E-state index contributed by atoms with van der Waals surface area (Å²) in [4.78, 5) is 24.2. The lowest BCUT2D eigenvalue weighted by Gasteiger charge is -2.12. The first-order valence-electron chi connectivity index (χ1n) is 9.81. The van der Waals surface area contributed by atoms with E-state index >= 15 is 0 Å². The molecule has 3 rings (SSSR count). The average Bonchev–Trinajstić information content (AvgIpc) is 2.79. The molecule has 0 saturated heterocycles. The lowest BCUT2D eigenvalue weighted by molar-refractivity contribution is -0.148. The second-order valence-corrected chi connectivity index (χ2v) is 8.24. The van der Waals surface area contributed by atoms with Crippen molar-refractivity contribution in [1.82, 2.24) is 0 Å². The molecule has 1 amide bonds. The standard InChI is InChI=1S/C25H21BrClNO4/c1-17(25(30)28-22-11-7-20(26)8-12-22)32-24(29)15-6-18-4-13-23(14-5-18)31-16-19-2-9-21(27)10-3-19/h2-15,17H,16H2,1H3,(H,28,30)/b15-6+. The number of hydrogen-bond acceptors (Lipinski definition) is 4. The zero-order valence-corrected chi connectivity index (χ0v) is 19.6. The van der Waals surface area contributed by atoms with Gasteiger partial charge < -0.3 is 14.8 Å². The Hall–Kier alpha value is -3.09. The summed E-state index contributed by atoms with van der Waals surface area (Å²) < 4.78 is 11.8. The topological polar surface area (TPSA) is 64.6 Å². The third kappa shape index (κ3) is 7.55. The fraction of sp³-hybridized carbons (Fsp3) is 0.120. The number of amides is 1. The largest absolute Gasteiger partial charge is 0.489 e. The molecule has 0 bridgehead atoms. The number of nitrogens with one attached hydrogen (secondary N) is 1. The van der Waals surface area contributed by atoms with Crippen molar-refractivity contribution in [3.63, 3.8) is 0 Å². The van der Waals surface area contributed by atoms with E-state index < -0.39 is 18.0 Å². The van der Waals surface area contributed by atoms with Crippen LogP contribution in [0.5, 0.6) is 5.75 Å². The van der Waals surface area contributed by atoms with Crippen LogP contribution in [0.1, 0.15) is 18.1 Å². The van der Waals surface area contributed by atoms with Crippen LogP contribution in [-0.4, -0.2) is 18.0 Å². The Balaban J connectivity index is 1.46. The van der Waals surface area contributed by atoms with Crippen LogP contribution in [-0.2, 0) is 20.9 Å². The van der Waals surface area contributed by atoms with Crippen molar-refractivity contribution in [3.05, 3.63) is 99.5 Å². The van der Waals surface area contributed by atoms with E-state index in [0.29, 0.717) is 23.1 Å². The molecule has 32 heavy (non-hydrogen) atoms. The van der Waals surface area contributed by atoms with Gasteiger partial charge in [0.1, 0.15) is 12.4 Å². The van der Waals surface area contributed by atoms with Crippen LogP contribution < -0.4 is 10.1 Å². The zero-order valence-electron chi connectivity index (χ0n) is 17.3. The minimum absolute atomic E-state index is 0.406. The van der Waals surface area contributed by atoms with Crippen LogP contribution in [0.2, 0.25) is 5.02 Å². The van der Waals surface area contributed by atoms with Gasteiger partial charge in [-0.3, -0.25) is 4.79 Å². The van der Waals surface area contributed by atoms with Gasteiger partial charge in [-0.15, -0.1) is 0 Å². The smallest absolute Gasteiger partial charge is 0.331 e. The minimum Gasteiger partial charge on any atom is -0.489 e. The summed E-state index contributed by atoms with van der Waals surface area (Å²) in [6.07, 6.45) is 1.97. The molecule has 164 valence electrons. The van der Waals surface area contributed by atoms with Gasteiger partial charge in [0.2, 0.25) is 0 Å². The number of ether oxygens (including phenoxy) is 2. The van der Waals surface area contributed by atoms with Crippen LogP contribution in [0, 0.1) is 0 Å². The van der Waals surface area contributed by atoms with E-state index in [1.54, 1.807) is 18.2 Å². The van der Waals surface area contributed by atoms with E-state index in [-0.39, 0.29) is 0 Å². The van der Waals surface area contributed by atoms with E-state index in [0.717, 1.165) is 15.6 Å². The lowest BCUT2D eigenvalue weighted by atomic mass is 10.2. The Labute approximate surface area is 200 Å². The predicted molar refractivity (Wildman–Crippen MR) is 130 cm³/mol. The first-order chi connectivity index (χ1) is 15.4. The van der Waals surface area contributed by atoms with Gasteiger partial charge in [-0.05, 0) is 72.7 Å². The van der Waals surface area contributed by atoms with Gasteiger partial charge in [0.15, 0.2) is 6.10 Å². The maximum Gasteiger partial charge on any atom is 0.331 e. The molecule has 0 saturated carbocycles. The summed E-state index contributed by atoms with van der Waals surface area (Å²) in [6.45, 7) is 1.95. The Kier molecular flexibility index (Phi) is 8.48. The van der Waals surface area contributed by atoms with Crippen LogP contribution in [0.3, 0.4) is 0 Å². The number of anilines is 1. The summed E-state index contributed by atoms with van der Waals surface area (Å²) in [5.74, 6) is -0.305. The quantitative estimate of drug-likeness (QED) is 0.284. The third-order valence-corrected chi connectivity index (χ3v) is 5.17. The maximum atomic E-state index is 12.2. The molecule has 0 fully saturated rings. The molecule has 0 aliphatic rings. The highest BCUT2D eigenvalue weighted by Crippen LogP contribution is 2.17. The number of rotatable bonds is 8. The van der Waals surface area contributed by atoms with E-state index in [9.17, 15) is 9.59 Å². The first kappa shape index (κ1) is 23.6. The lowest BCUT2D eigenvalue weighted by Crippen LogP contribution is -2.29. The molecule has 0 aliphatic heterocycles. The molecule has 1 N–H and O–H groups in total. The van der Waals surface area contributed by atoms with Crippen molar-refractivity contribution in [2.24, 2.45) is 0 Å². The number of carbonyl (C=O) groups excluding carboxylic acids is 2. The van der Waals surface area contributed by atoms with Gasteiger partial charge in [0.05, 0.1) is 0 Å². The summed E-state index contributed by atoms with van der Waals surface area (Å²) in [7, 11) is 0. The molecule has 3 aromatic carbocycles. The molecule has 0 heterocycles. The molecule has 0 spiro atoms. The van der Waals surface area contributed by atoms with Crippen molar-refractivity contribution in [2.45, 2.75) is 19.6 Å². The minimum atomic E-state index is -0.931. The van der Waals surface area contributed by atoms with Gasteiger partial charge in [-0.25, -0.2) is 4.79 Å². The van der Waals surface area contributed by atoms with Gasteiger partial charge in [0, 0.05) is 21.3 Å². The van der Waals surface area contributed by atoms with Crippen LogP contribution in [0.4, 0.5) is 5.69 Å². The average molecular weight is 515 g/mol. The molecule has 1 atom stereocenters. The maximum absolute atomic E-state index is 12.2. The number of hydrogen-bond donors (Lipinski definition) is 1. The highest BCUT2D eigenvalue weighted by molar-refractivity contribution is 9.10. The summed E-state index contributed by atoms with van der Waals surface area (Å²) in [6, 6.07) is 21.8. The molecule has 0 radical (unpaired) electrons. The summed E-state index contributed by atoms with van der Waals surface area (Å²) in [5.41, 5.74) is 2.43. The molecule has 7 heteroatoms. The van der Waals surface area contributed by atoms with Gasteiger partial charge in [0.25, 0.3) is 5.91 Å². The van der Waals surface area contributed by atoms with Gasteiger partial charge >= 0.3 is 5.97 Å². The molecule has 0 aromatic heterocycles. The Morgan fingerprint density at radius 3 is 2.31 bits per heavy atom. The van der Waals surface area contributed by atoms with E-state index in [1.165, 1.54) is 13.0 Å². The van der Waals surface area contributed by atoms with Gasteiger partial charge in [-0.2, -0.15) is 0 Å². The first-order valence-corrected chi connectivity index (χ1v) is 11.0. The van der Waals surface area contributed by atoms with Crippen LogP contribution >= 0.6 is 27.5 Å². The normalized spacial score (nSPS) is 11.7. The Morgan fingerprint density at radius 1 is 1.00 bits per heavy atom. The zero-order chi connectivity index (χ0) is 22.9. The molecular weight excluding hydrogens is 494 g/mol. The number of carbonyl (C=O) groups is 2. The summed E-state index contributed by atoms with van der Waals surface area (Å²) >= 11 is 9.21. The van der Waals surface area contributed by atoms with Crippen molar-refractivity contribution in [3.8, 4) is 5.75 Å². The molecule has 3 aromatic rings. The SMILES string of the molecule is CC(OC(=O)/C=C/c1ccc(OCc2ccc(Cl)cc2)cc1)C(=O)Nc1ccc(Br)cc1. The van der Waals surface area contributed by atoms with Crippen molar-refractivity contribution in [1.29, 1.82) is 0 Å². The molecule has 5 nitrogen and oxygen atoms in total. The third-order valence-electron chi connectivity index (χ3n) is 4.38. The van der Waals surface area contributed by atoms with E-state index in [4.69, 9.17) is 21.1 Å². The second-order valence-electron chi connectivity index (χ2n) is 6.89. The van der Waals surface area contributed by atoms with Crippen molar-refractivity contribution >= 4 is 51.2 Å². The van der Waals surface area contributed by atoms with Gasteiger partial charge in [-0.1, -0.05) is 51.8 Å². The fourth-order valence-electron chi connectivity index (χ4n) is 2.63. The fourth-order valence-corrected chi connectivity index (χ4v) is 3.02. The van der Waals surface area contributed by atoms with Crippen LogP contribution in [0.25, 0.3) is 6.08 Å². The number of halogens is 2. The Morgan fingerprint density at radius 2 is 1.66 bits per heavy atom. The van der Waals surface area contributed by atoms with Crippen LogP contribution in [0.15, 0.2) is 83.3 Å².